The van der Waals surface area contributed by atoms with Gasteiger partial charge in [0.25, 0.3) is 5.91 Å². The molecule has 0 spiro atoms. The fourth-order valence-electron chi connectivity index (χ4n) is 2.33. The summed E-state index contributed by atoms with van der Waals surface area (Å²) in [6.45, 7) is 0.394. The molecule has 0 fully saturated rings. The van der Waals surface area contributed by atoms with Crippen molar-refractivity contribution in [3.05, 3.63) is 60.2 Å². The number of hydrogen-bond acceptors (Lipinski definition) is 5. The summed E-state index contributed by atoms with van der Waals surface area (Å²) < 4.78 is 1.74. The van der Waals surface area contributed by atoms with E-state index in [0.717, 1.165) is 16.3 Å². The maximum atomic E-state index is 12.4. The lowest BCUT2D eigenvalue weighted by Crippen LogP contribution is -2.24. The van der Waals surface area contributed by atoms with Crippen LogP contribution < -0.4 is 5.32 Å². The second kappa shape index (κ2) is 7.27. The van der Waals surface area contributed by atoms with Crippen molar-refractivity contribution in [3.63, 3.8) is 0 Å². The Balaban J connectivity index is 1.73. The van der Waals surface area contributed by atoms with Gasteiger partial charge in [-0.15, -0.1) is 11.8 Å². The molecular weight excluding hydrogens is 322 g/mol. The van der Waals surface area contributed by atoms with Crippen molar-refractivity contribution in [3.8, 4) is 11.4 Å². The van der Waals surface area contributed by atoms with Crippen molar-refractivity contribution < 1.29 is 4.79 Å². The molecule has 6 nitrogen and oxygen atoms in total. The first-order chi connectivity index (χ1) is 11.7. The van der Waals surface area contributed by atoms with E-state index in [4.69, 9.17) is 0 Å². The lowest BCUT2D eigenvalue weighted by Gasteiger charge is -2.08. The van der Waals surface area contributed by atoms with Crippen molar-refractivity contribution in [2.45, 2.75) is 11.4 Å². The standard InChI is InChI=1S/C17H17N5OS/c1-22-12(9-14(21-22)15-11-18-7-8-19-15)10-20-17(23)13-5-3-4-6-16(13)24-2/h3-9,11H,10H2,1-2H3,(H,20,23). The molecule has 2 heterocycles. The number of thioether (sulfide) groups is 1. The molecule has 3 aromatic rings. The van der Waals surface area contributed by atoms with Gasteiger partial charge < -0.3 is 5.32 Å². The third-order valence-corrected chi connectivity index (χ3v) is 4.38. The molecular formula is C17H17N5OS. The molecule has 0 radical (unpaired) electrons. The monoisotopic (exact) mass is 339 g/mol. The smallest absolute Gasteiger partial charge is 0.252 e. The van der Waals surface area contributed by atoms with E-state index >= 15 is 0 Å². The van der Waals surface area contributed by atoms with E-state index in [0.29, 0.717) is 17.8 Å². The van der Waals surface area contributed by atoms with E-state index in [1.807, 2.05) is 43.6 Å². The summed E-state index contributed by atoms with van der Waals surface area (Å²) in [6, 6.07) is 9.47. The number of carbonyl (C=O) groups is 1. The number of carbonyl (C=O) groups excluding carboxylic acids is 1. The minimum Gasteiger partial charge on any atom is -0.346 e. The van der Waals surface area contributed by atoms with Crippen molar-refractivity contribution in [1.29, 1.82) is 0 Å². The fourth-order valence-corrected chi connectivity index (χ4v) is 2.92. The van der Waals surface area contributed by atoms with E-state index in [9.17, 15) is 4.79 Å². The van der Waals surface area contributed by atoms with Crippen LogP contribution in [-0.4, -0.2) is 31.9 Å². The molecule has 122 valence electrons. The Morgan fingerprint density at radius 3 is 2.83 bits per heavy atom. The highest BCUT2D eigenvalue weighted by Gasteiger charge is 2.12. The van der Waals surface area contributed by atoms with Gasteiger partial charge in [-0.25, -0.2) is 0 Å². The van der Waals surface area contributed by atoms with Crippen molar-refractivity contribution in [2.24, 2.45) is 7.05 Å². The van der Waals surface area contributed by atoms with Crippen LogP contribution >= 0.6 is 11.8 Å². The molecule has 3 rings (SSSR count). The van der Waals surface area contributed by atoms with Crippen LogP contribution in [0.25, 0.3) is 11.4 Å². The molecule has 0 aliphatic carbocycles. The van der Waals surface area contributed by atoms with Crippen LogP contribution in [0.5, 0.6) is 0 Å². The maximum Gasteiger partial charge on any atom is 0.252 e. The molecule has 0 unspecified atom stereocenters. The summed E-state index contributed by atoms with van der Waals surface area (Å²) in [6.07, 6.45) is 6.88. The summed E-state index contributed by atoms with van der Waals surface area (Å²) in [5, 5.41) is 7.37. The molecule has 0 aliphatic heterocycles. The van der Waals surface area contributed by atoms with Crippen LogP contribution in [0.3, 0.4) is 0 Å². The molecule has 7 heteroatoms. The summed E-state index contributed by atoms with van der Waals surface area (Å²) in [7, 11) is 1.84. The van der Waals surface area contributed by atoms with Gasteiger partial charge in [0.15, 0.2) is 0 Å². The predicted octanol–water partition coefficient (Wildman–Crippen LogP) is 2.53. The van der Waals surface area contributed by atoms with Gasteiger partial charge in [0.05, 0.1) is 24.0 Å². The zero-order valence-electron chi connectivity index (χ0n) is 13.4. The topological polar surface area (TPSA) is 72.7 Å². The average molecular weight is 339 g/mol. The van der Waals surface area contributed by atoms with E-state index in [1.165, 1.54) is 0 Å². The van der Waals surface area contributed by atoms with E-state index in [2.05, 4.69) is 20.4 Å². The molecule has 0 atom stereocenters. The number of nitrogens with zero attached hydrogens (tertiary/aromatic N) is 4. The zero-order chi connectivity index (χ0) is 16.9. The molecule has 1 N–H and O–H groups in total. The van der Waals surface area contributed by atoms with Gasteiger partial charge in [-0.1, -0.05) is 12.1 Å². The number of benzene rings is 1. The second-order valence-electron chi connectivity index (χ2n) is 5.12. The number of hydrogen-bond donors (Lipinski definition) is 1. The SMILES string of the molecule is CSc1ccccc1C(=O)NCc1cc(-c2cnccn2)nn1C. The Kier molecular flexibility index (Phi) is 4.90. The van der Waals surface area contributed by atoms with Crippen LogP contribution in [0.15, 0.2) is 53.8 Å². The first-order valence-corrected chi connectivity index (χ1v) is 8.62. The number of aryl methyl sites for hydroxylation is 1. The van der Waals surface area contributed by atoms with Gasteiger partial charge in [0, 0.05) is 24.3 Å². The van der Waals surface area contributed by atoms with Gasteiger partial charge in [-0.2, -0.15) is 5.10 Å². The highest BCUT2D eigenvalue weighted by molar-refractivity contribution is 7.98. The largest absolute Gasteiger partial charge is 0.346 e. The zero-order valence-corrected chi connectivity index (χ0v) is 14.2. The van der Waals surface area contributed by atoms with E-state index < -0.39 is 0 Å². The Bertz CT molecular complexity index is 847. The van der Waals surface area contributed by atoms with Gasteiger partial charge in [-0.05, 0) is 24.5 Å². The lowest BCUT2D eigenvalue weighted by molar-refractivity contribution is 0.0947. The highest BCUT2D eigenvalue weighted by atomic mass is 32.2. The van der Waals surface area contributed by atoms with Crippen molar-refractivity contribution >= 4 is 17.7 Å². The minimum absolute atomic E-state index is 0.0952. The Morgan fingerprint density at radius 2 is 2.08 bits per heavy atom. The molecule has 0 saturated heterocycles. The molecule has 1 amide bonds. The molecule has 1 aromatic carbocycles. The van der Waals surface area contributed by atoms with Crippen LogP contribution in [0.4, 0.5) is 0 Å². The van der Waals surface area contributed by atoms with Crippen molar-refractivity contribution in [2.75, 3.05) is 6.26 Å². The Hall–Kier alpha value is -2.67. The normalized spacial score (nSPS) is 10.6. The van der Waals surface area contributed by atoms with Crippen molar-refractivity contribution in [1.82, 2.24) is 25.1 Å². The molecule has 0 aliphatic rings. The lowest BCUT2D eigenvalue weighted by atomic mass is 10.2. The first kappa shape index (κ1) is 16.2. The molecule has 24 heavy (non-hydrogen) atoms. The second-order valence-corrected chi connectivity index (χ2v) is 5.97. The van der Waals surface area contributed by atoms with E-state index in [-0.39, 0.29) is 5.91 Å². The third-order valence-electron chi connectivity index (χ3n) is 3.58. The average Bonchev–Trinajstić information content (AvgIpc) is 3.01. The predicted molar refractivity (Wildman–Crippen MR) is 93.6 cm³/mol. The number of rotatable bonds is 5. The summed E-state index contributed by atoms with van der Waals surface area (Å²) >= 11 is 1.56. The third kappa shape index (κ3) is 3.46. The summed E-state index contributed by atoms with van der Waals surface area (Å²) in [5.41, 5.74) is 3.02. The number of nitrogens with one attached hydrogen (secondary N) is 1. The molecule has 0 saturated carbocycles. The minimum atomic E-state index is -0.0952. The van der Waals surface area contributed by atoms with Gasteiger partial charge in [-0.3, -0.25) is 19.4 Å². The maximum absolute atomic E-state index is 12.4. The molecule has 2 aromatic heterocycles. The fraction of sp³-hybridized carbons (Fsp3) is 0.176. The number of amides is 1. The van der Waals surface area contributed by atoms with Gasteiger partial charge in [0.2, 0.25) is 0 Å². The van der Waals surface area contributed by atoms with Crippen LogP contribution in [0, 0.1) is 0 Å². The first-order valence-electron chi connectivity index (χ1n) is 7.39. The highest BCUT2D eigenvalue weighted by Crippen LogP contribution is 2.20. The Labute approximate surface area is 144 Å². The molecule has 0 bridgehead atoms. The number of aromatic nitrogens is 4. The van der Waals surface area contributed by atoms with Gasteiger partial charge >= 0.3 is 0 Å². The Morgan fingerprint density at radius 1 is 1.25 bits per heavy atom. The van der Waals surface area contributed by atoms with E-state index in [1.54, 1.807) is 35.0 Å². The van der Waals surface area contributed by atoms with Gasteiger partial charge in [0.1, 0.15) is 11.4 Å². The quantitative estimate of drug-likeness (QED) is 0.723. The summed E-state index contributed by atoms with van der Waals surface area (Å²) in [5.74, 6) is -0.0952. The van der Waals surface area contributed by atoms with Crippen LogP contribution in [0.2, 0.25) is 0 Å². The summed E-state index contributed by atoms with van der Waals surface area (Å²) in [4.78, 5) is 21.7. The van der Waals surface area contributed by atoms with Crippen LogP contribution in [0.1, 0.15) is 16.1 Å². The van der Waals surface area contributed by atoms with Crippen LogP contribution in [-0.2, 0) is 13.6 Å².